The first kappa shape index (κ1) is 19.1. The van der Waals surface area contributed by atoms with E-state index in [4.69, 9.17) is 10.5 Å². The summed E-state index contributed by atoms with van der Waals surface area (Å²) in [7, 11) is 0. The van der Waals surface area contributed by atoms with Gasteiger partial charge in [-0.2, -0.15) is 13.2 Å². The molecule has 1 aliphatic heterocycles. The molecule has 9 heteroatoms. The predicted octanol–water partition coefficient (Wildman–Crippen LogP) is 2.96. The number of nitrogens with zero attached hydrogens (tertiary/aromatic N) is 3. The first-order valence-electron chi connectivity index (χ1n) is 7.93. The van der Waals surface area contributed by atoms with Crippen molar-refractivity contribution >= 4 is 17.6 Å². The average molecular weight is 360 g/mol. The van der Waals surface area contributed by atoms with Crippen LogP contribution in [0.3, 0.4) is 0 Å². The highest BCUT2D eigenvalue weighted by atomic mass is 19.4. The van der Waals surface area contributed by atoms with Gasteiger partial charge < -0.3 is 20.3 Å². The Morgan fingerprint density at radius 3 is 2.44 bits per heavy atom. The maximum atomic E-state index is 13.6. The zero-order valence-electron chi connectivity index (χ0n) is 14.7. The molecule has 0 saturated carbocycles. The summed E-state index contributed by atoms with van der Waals surface area (Å²) in [5, 5.41) is 0. The smallest absolute Gasteiger partial charge is 0.410 e. The number of carbonyl (C=O) groups is 1. The first-order chi connectivity index (χ1) is 11.4. The van der Waals surface area contributed by atoms with E-state index in [1.807, 2.05) is 0 Å². The lowest BCUT2D eigenvalue weighted by Crippen LogP contribution is -2.61. The van der Waals surface area contributed by atoms with Crippen LogP contribution in [0, 0.1) is 6.92 Å². The summed E-state index contributed by atoms with van der Waals surface area (Å²) in [4.78, 5) is 18.5. The van der Waals surface area contributed by atoms with Gasteiger partial charge in [-0.15, -0.1) is 0 Å². The highest BCUT2D eigenvalue weighted by Crippen LogP contribution is 2.32. The third-order valence-corrected chi connectivity index (χ3v) is 3.82. The maximum Gasteiger partial charge on any atom is 0.410 e. The summed E-state index contributed by atoms with van der Waals surface area (Å²) in [5.74, 6) is 0.192. The number of amides is 1. The lowest BCUT2D eigenvalue weighted by Gasteiger charge is -2.42. The van der Waals surface area contributed by atoms with Crippen LogP contribution in [-0.4, -0.2) is 53.4 Å². The molecule has 140 valence electrons. The Bertz CT molecular complexity index is 643. The first-order valence-corrected chi connectivity index (χ1v) is 7.93. The third-order valence-electron chi connectivity index (χ3n) is 3.82. The van der Waals surface area contributed by atoms with Gasteiger partial charge in [0.2, 0.25) is 0 Å². The molecule has 0 spiro atoms. The van der Waals surface area contributed by atoms with Crippen LogP contribution in [0.2, 0.25) is 0 Å². The number of piperazine rings is 1. The molecule has 6 nitrogen and oxygen atoms in total. The van der Waals surface area contributed by atoms with Gasteiger partial charge in [-0.1, -0.05) is 0 Å². The van der Waals surface area contributed by atoms with Crippen molar-refractivity contribution in [2.24, 2.45) is 0 Å². The highest BCUT2D eigenvalue weighted by Gasteiger charge is 2.48. The Morgan fingerprint density at radius 2 is 1.92 bits per heavy atom. The molecule has 2 heterocycles. The van der Waals surface area contributed by atoms with E-state index < -0.39 is 30.5 Å². The number of hydrogen-bond acceptors (Lipinski definition) is 5. The van der Waals surface area contributed by atoms with Gasteiger partial charge in [-0.3, -0.25) is 0 Å². The van der Waals surface area contributed by atoms with Gasteiger partial charge in [0.25, 0.3) is 0 Å². The largest absolute Gasteiger partial charge is 0.444 e. The van der Waals surface area contributed by atoms with Crippen LogP contribution in [0.25, 0.3) is 0 Å². The van der Waals surface area contributed by atoms with Crippen LogP contribution in [0.15, 0.2) is 12.1 Å². The van der Waals surface area contributed by atoms with Crippen LogP contribution < -0.4 is 10.6 Å². The number of nitrogen functional groups attached to an aromatic ring is 1. The molecule has 1 amide bonds. The summed E-state index contributed by atoms with van der Waals surface area (Å²) in [6.07, 6.45) is -5.26. The van der Waals surface area contributed by atoms with Crippen molar-refractivity contribution in [3.63, 3.8) is 0 Å². The van der Waals surface area contributed by atoms with E-state index in [9.17, 15) is 18.0 Å². The molecule has 0 radical (unpaired) electrons. The SMILES string of the molecule is Cc1nc(N2CCN(C(=O)OC(C)(C)C)CC2C(F)(F)F)ccc1N. The van der Waals surface area contributed by atoms with Crippen molar-refractivity contribution in [1.29, 1.82) is 0 Å². The number of alkyl halides is 3. The van der Waals surface area contributed by atoms with Crippen molar-refractivity contribution in [3.05, 3.63) is 17.8 Å². The molecule has 0 bridgehead atoms. The molecular weight excluding hydrogens is 337 g/mol. The van der Waals surface area contributed by atoms with E-state index in [0.29, 0.717) is 11.4 Å². The Hall–Kier alpha value is -2.19. The van der Waals surface area contributed by atoms with Gasteiger partial charge in [-0.05, 0) is 39.8 Å². The standard InChI is InChI=1S/C16H23F3N4O2/c1-10-11(20)5-6-13(21-10)23-8-7-22(9-12(23)16(17,18)19)14(24)25-15(2,3)4/h5-6,12H,7-9,20H2,1-4H3. The lowest BCUT2D eigenvalue weighted by atomic mass is 10.1. The summed E-state index contributed by atoms with van der Waals surface area (Å²) >= 11 is 0. The normalized spacial score (nSPS) is 19.1. The fraction of sp³-hybridized carbons (Fsp3) is 0.625. The number of aryl methyl sites for hydroxylation is 1. The Labute approximate surface area is 144 Å². The minimum atomic E-state index is -4.52. The zero-order valence-corrected chi connectivity index (χ0v) is 14.7. The number of aromatic nitrogens is 1. The van der Waals surface area contributed by atoms with Crippen molar-refractivity contribution in [2.75, 3.05) is 30.3 Å². The van der Waals surface area contributed by atoms with E-state index >= 15 is 0 Å². The maximum absolute atomic E-state index is 13.6. The molecule has 2 rings (SSSR count). The van der Waals surface area contributed by atoms with E-state index in [1.54, 1.807) is 27.7 Å². The Balaban J connectivity index is 2.24. The van der Waals surface area contributed by atoms with Gasteiger partial charge in [0.15, 0.2) is 0 Å². The Kier molecular flexibility index (Phi) is 5.06. The van der Waals surface area contributed by atoms with Gasteiger partial charge in [-0.25, -0.2) is 9.78 Å². The molecule has 0 aliphatic carbocycles. The lowest BCUT2D eigenvalue weighted by molar-refractivity contribution is -0.155. The zero-order chi connectivity index (χ0) is 19.0. The molecule has 1 saturated heterocycles. The number of nitrogens with two attached hydrogens (primary N) is 1. The molecule has 1 aliphatic rings. The number of halogens is 3. The molecule has 1 aromatic heterocycles. The van der Waals surface area contributed by atoms with E-state index in [1.165, 1.54) is 12.1 Å². The van der Waals surface area contributed by atoms with Gasteiger partial charge in [0, 0.05) is 13.1 Å². The summed E-state index contributed by atoms with van der Waals surface area (Å²) in [6.45, 7) is 6.25. The number of ether oxygens (including phenoxy) is 1. The van der Waals surface area contributed by atoms with Crippen molar-refractivity contribution < 1.29 is 22.7 Å². The number of hydrogen-bond donors (Lipinski definition) is 1. The topological polar surface area (TPSA) is 71.7 Å². The minimum absolute atomic E-state index is 0.000221. The molecular formula is C16H23F3N4O2. The van der Waals surface area contributed by atoms with E-state index in [2.05, 4.69) is 4.98 Å². The van der Waals surface area contributed by atoms with Gasteiger partial charge in [0.05, 0.1) is 17.9 Å². The highest BCUT2D eigenvalue weighted by molar-refractivity contribution is 5.69. The Morgan fingerprint density at radius 1 is 1.28 bits per heavy atom. The molecule has 2 N–H and O–H groups in total. The van der Waals surface area contributed by atoms with E-state index in [0.717, 1.165) is 9.80 Å². The van der Waals surface area contributed by atoms with Crippen LogP contribution in [0.5, 0.6) is 0 Å². The molecule has 25 heavy (non-hydrogen) atoms. The minimum Gasteiger partial charge on any atom is -0.444 e. The van der Waals surface area contributed by atoms with E-state index in [-0.39, 0.29) is 18.9 Å². The molecule has 1 fully saturated rings. The van der Waals surface area contributed by atoms with Crippen LogP contribution in [-0.2, 0) is 4.74 Å². The van der Waals surface area contributed by atoms with Crippen LogP contribution in [0.1, 0.15) is 26.5 Å². The third kappa shape index (κ3) is 4.67. The summed E-state index contributed by atoms with van der Waals surface area (Å²) < 4.78 is 45.9. The molecule has 0 aromatic carbocycles. The quantitative estimate of drug-likeness (QED) is 0.834. The predicted molar refractivity (Wildman–Crippen MR) is 88.4 cm³/mol. The fourth-order valence-electron chi connectivity index (χ4n) is 2.55. The average Bonchev–Trinajstić information content (AvgIpc) is 2.47. The number of pyridine rings is 1. The second-order valence-corrected chi connectivity index (χ2v) is 7.02. The molecule has 1 aromatic rings. The van der Waals surface area contributed by atoms with Crippen LogP contribution in [0.4, 0.5) is 29.5 Å². The summed E-state index contributed by atoms with van der Waals surface area (Å²) in [5.41, 5.74) is 5.80. The van der Waals surface area contributed by atoms with Gasteiger partial charge in [0.1, 0.15) is 17.5 Å². The van der Waals surface area contributed by atoms with Gasteiger partial charge >= 0.3 is 12.3 Å². The van der Waals surface area contributed by atoms with Crippen molar-refractivity contribution in [1.82, 2.24) is 9.88 Å². The van der Waals surface area contributed by atoms with Crippen molar-refractivity contribution in [3.8, 4) is 0 Å². The number of carbonyl (C=O) groups excluding carboxylic acids is 1. The second kappa shape index (κ2) is 6.61. The number of anilines is 2. The van der Waals surface area contributed by atoms with Crippen LogP contribution >= 0.6 is 0 Å². The monoisotopic (exact) mass is 360 g/mol. The fourth-order valence-corrected chi connectivity index (χ4v) is 2.55. The van der Waals surface area contributed by atoms with Crippen molar-refractivity contribution in [2.45, 2.75) is 45.5 Å². The number of rotatable bonds is 1. The second-order valence-electron chi connectivity index (χ2n) is 7.02. The molecule has 1 unspecified atom stereocenters. The molecule has 1 atom stereocenters. The summed E-state index contributed by atoms with van der Waals surface area (Å²) in [6, 6.07) is 1.14.